The molecular weight excluding hydrogens is 349 g/mol. The molecule has 2 nitrogen and oxygen atoms in total. The van der Waals surface area contributed by atoms with Crippen LogP contribution in [0.2, 0.25) is 0 Å². The van der Waals surface area contributed by atoms with Gasteiger partial charge in [-0.1, -0.05) is 0 Å². The van der Waals surface area contributed by atoms with E-state index in [1.807, 2.05) is 0 Å². The van der Waals surface area contributed by atoms with Crippen molar-refractivity contribution in [2.24, 2.45) is 0 Å². The molecule has 0 aromatic heterocycles. The molecule has 0 aliphatic carbocycles. The molecule has 0 aromatic rings. The number of rotatable bonds is 0. The first-order chi connectivity index (χ1) is 0. The van der Waals surface area contributed by atoms with E-state index >= 15 is 0 Å². The minimum atomic E-state index is 0. The summed E-state index contributed by atoms with van der Waals surface area (Å²) >= 11 is 0. The van der Waals surface area contributed by atoms with Crippen LogP contribution in [0.3, 0.4) is 0 Å². The molecule has 0 aliphatic heterocycles. The van der Waals surface area contributed by atoms with Crippen LogP contribution in [0.15, 0.2) is 0 Å². The molecule has 0 atom stereocenters. The summed E-state index contributed by atoms with van der Waals surface area (Å²) in [5.74, 6) is 0. The van der Waals surface area contributed by atoms with Crippen LogP contribution in [0.25, 0.3) is 0 Å². The first-order valence-electron chi connectivity index (χ1n) is 0. The fraction of sp³-hybridized carbons (Fsp3) is 0. The molecule has 6 heavy (non-hydrogen) atoms. The maximum atomic E-state index is 0. The van der Waals surface area contributed by atoms with Crippen molar-refractivity contribution < 1.29 is 66.2 Å². The Morgan fingerprint density at radius 3 is 0.833 bits per heavy atom. The van der Waals surface area contributed by atoms with Crippen molar-refractivity contribution in [3.8, 4) is 0 Å². The Morgan fingerprint density at radius 2 is 0.833 bits per heavy atom. The quantitative estimate of drug-likeness (QED) is 0.524. The third-order valence-electron chi connectivity index (χ3n) is 0. The molecule has 40 valence electrons. The van der Waals surface area contributed by atoms with Crippen molar-refractivity contribution in [3.63, 3.8) is 0 Å². The van der Waals surface area contributed by atoms with Crippen molar-refractivity contribution in [2.75, 3.05) is 0 Å². The van der Waals surface area contributed by atoms with Crippen LogP contribution in [-0.2, 0) is 66.2 Å². The maximum absolute atomic E-state index is 0. The Kier molecular flexibility index (Phi) is 1480. The summed E-state index contributed by atoms with van der Waals surface area (Å²) in [5, 5.41) is 0. The van der Waals surface area contributed by atoms with Gasteiger partial charge in [0.25, 0.3) is 0 Å². The summed E-state index contributed by atoms with van der Waals surface area (Å²) in [6.45, 7) is 0. The zero-order chi connectivity index (χ0) is 0. The van der Waals surface area contributed by atoms with Crippen LogP contribution in [-0.4, -0.2) is 8.41 Å². The van der Waals surface area contributed by atoms with Gasteiger partial charge in [-0.05, 0) is 0 Å². The van der Waals surface area contributed by atoms with E-state index in [1.54, 1.807) is 0 Å². The van der Waals surface area contributed by atoms with E-state index in [4.69, 9.17) is 0 Å². The Labute approximate surface area is 74.2 Å². The van der Waals surface area contributed by atoms with E-state index in [9.17, 15) is 0 Å². The van der Waals surface area contributed by atoms with E-state index in [0.29, 0.717) is 0 Å². The van der Waals surface area contributed by atoms with E-state index < -0.39 is 0 Å². The van der Waals surface area contributed by atoms with Crippen LogP contribution in [0.4, 0.5) is 0 Å². The molecular formula is BCoCrO2Pt. The normalized spacial score (nSPS) is 0. The van der Waals surface area contributed by atoms with Gasteiger partial charge >= 0.3 is 21.1 Å². The number of hydrogen-bond acceptors (Lipinski definition) is 0. The predicted molar refractivity (Wildman–Crippen MR) is 7.13 cm³/mol. The molecule has 0 saturated heterocycles. The summed E-state index contributed by atoms with van der Waals surface area (Å²) in [6, 6.07) is 0. The van der Waals surface area contributed by atoms with Crippen LogP contribution in [0, 0.1) is 0 Å². The topological polar surface area (TPSA) is 57.0 Å². The molecule has 0 aromatic carbocycles. The molecule has 6 heteroatoms. The average Bonchev–Trinajstić information content (AvgIpc) is 0. The van der Waals surface area contributed by atoms with E-state index in [2.05, 4.69) is 0 Å². The molecule has 0 heterocycles. The monoisotopic (exact) mass is 349 g/mol. The second-order valence-corrected chi connectivity index (χ2v) is 0. The van der Waals surface area contributed by atoms with Crippen LogP contribution in [0.5, 0.6) is 0 Å². The van der Waals surface area contributed by atoms with Crippen molar-refractivity contribution in [3.05, 3.63) is 0 Å². The van der Waals surface area contributed by atoms with Gasteiger partial charge in [0, 0.05) is 42.6 Å². The molecule has 0 spiro atoms. The molecule has 0 unspecified atom stereocenters. The molecule has 0 amide bonds. The van der Waals surface area contributed by atoms with Crippen molar-refractivity contribution in [1.82, 2.24) is 0 Å². The zero-order valence-corrected chi connectivity index (χ0v) is 7.04. The summed E-state index contributed by atoms with van der Waals surface area (Å²) in [5.41, 5.74) is 0. The fourth-order valence-electron chi connectivity index (χ4n) is 0. The van der Waals surface area contributed by atoms with Gasteiger partial charge < -0.3 is 11.0 Å². The molecule has 0 rings (SSSR count). The van der Waals surface area contributed by atoms with Crippen LogP contribution in [0.1, 0.15) is 0 Å². The van der Waals surface area contributed by atoms with Crippen LogP contribution >= 0.6 is 0 Å². The van der Waals surface area contributed by atoms with Gasteiger partial charge in [-0.3, -0.25) is 0 Å². The Bertz CT molecular complexity index is 13.5. The second kappa shape index (κ2) is 74.7. The largest absolute Gasteiger partial charge is 4.00 e. The average molecular weight is 349 g/mol. The summed E-state index contributed by atoms with van der Waals surface area (Å²) in [6.07, 6.45) is 0. The standard InChI is InChI=1S/B.Co.Cr.2O.Pt/q;;;2*-2;+4. The minimum Gasteiger partial charge on any atom is -2.00 e. The molecule has 0 fully saturated rings. The molecule has 4 radical (unpaired) electrons. The first kappa shape index (κ1) is 119. The Morgan fingerprint density at radius 1 is 0.833 bits per heavy atom. The zero-order valence-electron chi connectivity index (χ0n) is 2.45. The third kappa shape index (κ3) is 43.3. The molecule has 0 bridgehead atoms. The SMILES string of the molecule is [B].[Co].[Cr].[O-2].[O-2].[Pt+4]. The van der Waals surface area contributed by atoms with Gasteiger partial charge in [-0.25, -0.2) is 0 Å². The smallest absolute Gasteiger partial charge is 2.00 e. The molecule has 0 saturated carbocycles. The van der Waals surface area contributed by atoms with E-state index in [0.717, 1.165) is 0 Å². The van der Waals surface area contributed by atoms with Crippen molar-refractivity contribution >= 4 is 8.41 Å². The molecule has 0 N–H and O–H groups in total. The predicted octanol–water partition coefficient (Wildman–Crippen LogP) is -0.626. The first-order valence-corrected chi connectivity index (χ1v) is 0. The summed E-state index contributed by atoms with van der Waals surface area (Å²) < 4.78 is 0. The summed E-state index contributed by atoms with van der Waals surface area (Å²) in [7, 11) is 0. The molecule has 0 aliphatic rings. The minimum absolute atomic E-state index is 0. The van der Waals surface area contributed by atoms with Crippen LogP contribution < -0.4 is 0 Å². The Hall–Kier alpha value is 1.71. The van der Waals surface area contributed by atoms with Gasteiger partial charge in [-0.15, -0.1) is 0 Å². The fourth-order valence-corrected chi connectivity index (χ4v) is 0. The van der Waals surface area contributed by atoms with Crippen molar-refractivity contribution in [2.45, 2.75) is 0 Å². The third-order valence-corrected chi connectivity index (χ3v) is 0. The van der Waals surface area contributed by atoms with E-state index in [-0.39, 0.29) is 74.6 Å². The van der Waals surface area contributed by atoms with Gasteiger partial charge in [0.2, 0.25) is 0 Å². The van der Waals surface area contributed by atoms with Crippen molar-refractivity contribution in [1.29, 1.82) is 0 Å². The van der Waals surface area contributed by atoms with Gasteiger partial charge in [0.1, 0.15) is 0 Å². The summed E-state index contributed by atoms with van der Waals surface area (Å²) in [4.78, 5) is 0. The van der Waals surface area contributed by atoms with Gasteiger partial charge in [0.15, 0.2) is 0 Å². The number of hydrogen-bond donors (Lipinski definition) is 0. The Balaban J connectivity index is 0. The van der Waals surface area contributed by atoms with Gasteiger partial charge in [0.05, 0.1) is 0 Å². The van der Waals surface area contributed by atoms with Gasteiger partial charge in [-0.2, -0.15) is 0 Å². The second-order valence-electron chi connectivity index (χ2n) is 0. The maximum Gasteiger partial charge on any atom is 4.00 e. The van der Waals surface area contributed by atoms with E-state index in [1.165, 1.54) is 0 Å².